The number of thiophene rings is 1. The molecule has 0 aliphatic rings. The van der Waals surface area contributed by atoms with Crippen LogP contribution in [0.4, 0.5) is 17.1 Å². The van der Waals surface area contributed by atoms with Gasteiger partial charge in [-0.05, 0) is 70.4 Å². The zero-order valence-electron chi connectivity index (χ0n) is 26.5. The van der Waals surface area contributed by atoms with Crippen LogP contribution in [0, 0.1) is 0 Å². The van der Waals surface area contributed by atoms with Gasteiger partial charge >= 0.3 is 0 Å². The Morgan fingerprint density at radius 3 is 1.92 bits per heavy atom. The zero-order valence-corrected chi connectivity index (χ0v) is 27.3. The molecule has 2 nitrogen and oxygen atoms in total. The molecule has 0 saturated carbocycles. The molecular formula is C46H29NOS. The van der Waals surface area contributed by atoms with Crippen LogP contribution in [0.25, 0.3) is 75.1 Å². The topological polar surface area (TPSA) is 16.4 Å². The van der Waals surface area contributed by atoms with Crippen LogP contribution in [-0.2, 0) is 0 Å². The third kappa shape index (κ3) is 4.55. The van der Waals surface area contributed by atoms with Crippen molar-refractivity contribution < 1.29 is 4.42 Å². The Hall–Kier alpha value is -6.16. The lowest BCUT2D eigenvalue weighted by atomic mass is 9.94. The molecule has 0 N–H and O–H groups in total. The van der Waals surface area contributed by atoms with E-state index < -0.39 is 0 Å². The van der Waals surface area contributed by atoms with Crippen LogP contribution in [0.2, 0.25) is 0 Å². The first-order valence-electron chi connectivity index (χ1n) is 16.6. The van der Waals surface area contributed by atoms with E-state index in [0.717, 1.165) is 44.6 Å². The first-order chi connectivity index (χ1) is 24.3. The molecule has 0 amide bonds. The first kappa shape index (κ1) is 27.9. The lowest BCUT2D eigenvalue weighted by Gasteiger charge is -2.25. The molecule has 0 aliphatic carbocycles. The van der Waals surface area contributed by atoms with E-state index >= 15 is 0 Å². The van der Waals surface area contributed by atoms with Crippen molar-refractivity contribution in [3.05, 3.63) is 176 Å². The minimum absolute atomic E-state index is 0.870. The van der Waals surface area contributed by atoms with Gasteiger partial charge in [0.25, 0.3) is 0 Å². The molecule has 0 bridgehead atoms. The molecule has 0 aliphatic heterocycles. The van der Waals surface area contributed by atoms with Gasteiger partial charge in [0.05, 0.1) is 0 Å². The maximum absolute atomic E-state index is 6.99. The highest BCUT2D eigenvalue weighted by molar-refractivity contribution is 7.26. The standard InChI is InChI=1S/C46H29NOS/c1-3-12-30(13-4-1)31-22-24-34(25-23-31)47(33-15-5-2-6-16-33)35-26-27-37-41-28-32-14-7-8-17-36(32)44(45(41)48-42(37)29-35)40-20-11-19-39-38-18-9-10-21-43(38)49-46(39)40/h1-29H. The van der Waals surface area contributed by atoms with Crippen molar-refractivity contribution in [1.82, 2.24) is 0 Å². The maximum Gasteiger partial charge on any atom is 0.143 e. The van der Waals surface area contributed by atoms with Crippen LogP contribution in [-0.4, -0.2) is 0 Å². The molecule has 10 rings (SSSR count). The normalized spacial score (nSPS) is 11.7. The van der Waals surface area contributed by atoms with E-state index in [1.54, 1.807) is 0 Å². The van der Waals surface area contributed by atoms with Gasteiger partial charge in [-0.3, -0.25) is 0 Å². The summed E-state index contributed by atoms with van der Waals surface area (Å²) in [6, 6.07) is 62.9. The number of rotatable bonds is 5. The molecule has 49 heavy (non-hydrogen) atoms. The van der Waals surface area contributed by atoms with Gasteiger partial charge < -0.3 is 9.32 Å². The second-order valence-electron chi connectivity index (χ2n) is 12.5. The van der Waals surface area contributed by atoms with E-state index in [4.69, 9.17) is 4.42 Å². The van der Waals surface area contributed by atoms with Crippen LogP contribution in [0.1, 0.15) is 0 Å². The molecule has 8 aromatic carbocycles. The van der Waals surface area contributed by atoms with Crippen molar-refractivity contribution in [2.45, 2.75) is 0 Å². The summed E-state index contributed by atoms with van der Waals surface area (Å²) >= 11 is 1.86. The Bertz CT molecular complexity index is 2810. The van der Waals surface area contributed by atoms with Crippen LogP contribution in [0.15, 0.2) is 180 Å². The summed E-state index contributed by atoms with van der Waals surface area (Å²) in [5, 5.41) is 7.23. The van der Waals surface area contributed by atoms with Gasteiger partial charge in [0.2, 0.25) is 0 Å². The summed E-state index contributed by atoms with van der Waals surface area (Å²) in [5.74, 6) is 0. The molecule has 3 heteroatoms. The summed E-state index contributed by atoms with van der Waals surface area (Å²) in [6.45, 7) is 0. The Labute approximate surface area is 287 Å². The molecule has 0 radical (unpaired) electrons. The summed E-state index contributed by atoms with van der Waals surface area (Å²) in [5.41, 5.74) is 9.78. The van der Waals surface area contributed by atoms with Crippen molar-refractivity contribution in [2.24, 2.45) is 0 Å². The summed E-state index contributed by atoms with van der Waals surface area (Å²) in [4.78, 5) is 2.30. The van der Waals surface area contributed by atoms with Crippen molar-refractivity contribution in [3.63, 3.8) is 0 Å². The fourth-order valence-electron chi connectivity index (χ4n) is 7.37. The maximum atomic E-state index is 6.99. The predicted octanol–water partition coefficient (Wildman–Crippen LogP) is 13.9. The number of benzene rings is 8. The molecule has 230 valence electrons. The average molecular weight is 644 g/mol. The fraction of sp³-hybridized carbons (Fsp3) is 0. The zero-order chi connectivity index (χ0) is 32.3. The van der Waals surface area contributed by atoms with E-state index in [1.807, 2.05) is 11.3 Å². The molecule has 0 saturated heterocycles. The lowest BCUT2D eigenvalue weighted by molar-refractivity contribution is 0.670. The monoisotopic (exact) mass is 643 g/mol. The van der Waals surface area contributed by atoms with Crippen molar-refractivity contribution in [1.29, 1.82) is 0 Å². The van der Waals surface area contributed by atoms with Gasteiger partial charge in [0.15, 0.2) is 0 Å². The number of fused-ring (bicyclic) bond motifs is 7. The number of para-hydroxylation sites is 1. The smallest absolute Gasteiger partial charge is 0.143 e. The molecule has 0 unspecified atom stereocenters. The number of nitrogens with zero attached hydrogens (tertiary/aromatic N) is 1. The molecule has 0 fully saturated rings. The second-order valence-corrected chi connectivity index (χ2v) is 13.5. The molecule has 10 aromatic rings. The lowest BCUT2D eigenvalue weighted by Crippen LogP contribution is -2.09. The van der Waals surface area contributed by atoms with Crippen LogP contribution < -0.4 is 4.90 Å². The Morgan fingerprint density at radius 1 is 0.429 bits per heavy atom. The van der Waals surface area contributed by atoms with E-state index in [2.05, 4.69) is 181 Å². The summed E-state index contributed by atoms with van der Waals surface area (Å²) in [6.07, 6.45) is 0. The third-order valence-corrected chi connectivity index (χ3v) is 10.9. The second kappa shape index (κ2) is 11.2. The van der Waals surface area contributed by atoms with Gasteiger partial charge in [0, 0.05) is 65.2 Å². The van der Waals surface area contributed by atoms with Gasteiger partial charge in [-0.25, -0.2) is 0 Å². The minimum Gasteiger partial charge on any atom is -0.455 e. The van der Waals surface area contributed by atoms with E-state index in [0.29, 0.717) is 0 Å². The highest BCUT2D eigenvalue weighted by Crippen LogP contribution is 2.47. The fourth-order valence-corrected chi connectivity index (χ4v) is 8.59. The van der Waals surface area contributed by atoms with Crippen molar-refractivity contribution in [3.8, 4) is 22.3 Å². The minimum atomic E-state index is 0.870. The van der Waals surface area contributed by atoms with E-state index in [-0.39, 0.29) is 0 Å². The Kier molecular flexibility index (Phi) is 6.39. The SMILES string of the molecule is c1ccc(-c2ccc(N(c3ccccc3)c3ccc4c(c3)oc3c(-c5cccc6c5sc5ccccc56)c5ccccc5cc34)cc2)cc1. The molecular weight excluding hydrogens is 615 g/mol. The largest absolute Gasteiger partial charge is 0.455 e. The molecule has 2 heterocycles. The van der Waals surface area contributed by atoms with Gasteiger partial charge in [-0.2, -0.15) is 0 Å². The van der Waals surface area contributed by atoms with Crippen LogP contribution >= 0.6 is 11.3 Å². The average Bonchev–Trinajstić information content (AvgIpc) is 3.73. The van der Waals surface area contributed by atoms with E-state index in [9.17, 15) is 0 Å². The van der Waals surface area contributed by atoms with Gasteiger partial charge in [-0.1, -0.05) is 121 Å². The Morgan fingerprint density at radius 2 is 1.08 bits per heavy atom. The first-order valence-corrected chi connectivity index (χ1v) is 17.4. The quantitative estimate of drug-likeness (QED) is 0.186. The number of hydrogen-bond acceptors (Lipinski definition) is 3. The van der Waals surface area contributed by atoms with Crippen molar-refractivity contribution in [2.75, 3.05) is 4.90 Å². The van der Waals surface area contributed by atoms with Crippen molar-refractivity contribution >= 4 is 81.3 Å². The molecule has 0 spiro atoms. The number of hydrogen-bond donors (Lipinski definition) is 0. The van der Waals surface area contributed by atoms with Crippen LogP contribution in [0.3, 0.4) is 0 Å². The number of anilines is 3. The molecule has 0 atom stereocenters. The number of furan rings is 1. The molecule has 2 aromatic heterocycles. The van der Waals surface area contributed by atoms with Gasteiger partial charge in [-0.15, -0.1) is 11.3 Å². The van der Waals surface area contributed by atoms with Gasteiger partial charge in [0.1, 0.15) is 11.2 Å². The van der Waals surface area contributed by atoms with Crippen LogP contribution in [0.5, 0.6) is 0 Å². The third-order valence-electron chi connectivity index (χ3n) is 9.65. The summed E-state index contributed by atoms with van der Waals surface area (Å²) < 4.78 is 9.57. The van der Waals surface area contributed by atoms with E-state index in [1.165, 1.54) is 47.6 Å². The highest BCUT2D eigenvalue weighted by Gasteiger charge is 2.21. The Balaban J connectivity index is 1.19. The predicted molar refractivity (Wildman–Crippen MR) is 210 cm³/mol. The summed E-state index contributed by atoms with van der Waals surface area (Å²) in [7, 11) is 0. The highest BCUT2D eigenvalue weighted by atomic mass is 32.1.